The van der Waals surface area contributed by atoms with Crippen molar-refractivity contribution < 1.29 is 4.74 Å². The first-order chi connectivity index (χ1) is 8.27. The van der Waals surface area contributed by atoms with E-state index < -0.39 is 0 Å². The highest BCUT2D eigenvalue weighted by Crippen LogP contribution is 2.42. The van der Waals surface area contributed by atoms with Gasteiger partial charge in [0.15, 0.2) is 0 Å². The molecule has 0 spiro atoms. The lowest BCUT2D eigenvalue weighted by atomic mass is 9.74. The highest BCUT2D eigenvalue weighted by molar-refractivity contribution is 7.10. The molecule has 2 N–H and O–H groups in total. The van der Waals surface area contributed by atoms with E-state index in [4.69, 9.17) is 10.5 Å². The van der Waals surface area contributed by atoms with Crippen molar-refractivity contribution in [1.82, 2.24) is 0 Å². The van der Waals surface area contributed by atoms with Crippen LogP contribution in [0.25, 0.3) is 0 Å². The summed E-state index contributed by atoms with van der Waals surface area (Å²) < 4.78 is 5.40. The van der Waals surface area contributed by atoms with E-state index in [-0.39, 0.29) is 6.04 Å². The fourth-order valence-corrected chi connectivity index (χ4v) is 4.07. The molecular weight excluding hydrogens is 230 g/mol. The molecule has 1 saturated carbocycles. The van der Waals surface area contributed by atoms with Crippen molar-refractivity contribution in [3.63, 3.8) is 0 Å². The van der Waals surface area contributed by atoms with Crippen LogP contribution in [0.5, 0.6) is 5.75 Å². The lowest BCUT2D eigenvalue weighted by Gasteiger charge is -2.34. The number of ether oxygens (including phenoxy) is 1. The second kappa shape index (κ2) is 5.87. The highest BCUT2D eigenvalue weighted by Gasteiger charge is 2.31. The van der Waals surface area contributed by atoms with Gasteiger partial charge in [0.25, 0.3) is 0 Å². The van der Waals surface area contributed by atoms with E-state index >= 15 is 0 Å². The summed E-state index contributed by atoms with van der Waals surface area (Å²) in [5.41, 5.74) is 6.49. The summed E-state index contributed by atoms with van der Waals surface area (Å²) in [6.07, 6.45) is 6.60. The second-order valence-corrected chi connectivity index (χ2v) is 5.94. The van der Waals surface area contributed by atoms with Crippen LogP contribution in [0, 0.1) is 11.8 Å². The Morgan fingerprint density at radius 1 is 1.47 bits per heavy atom. The molecule has 17 heavy (non-hydrogen) atoms. The minimum atomic E-state index is 0.162. The van der Waals surface area contributed by atoms with Gasteiger partial charge in [0, 0.05) is 6.04 Å². The molecule has 0 saturated heterocycles. The average Bonchev–Trinajstić information content (AvgIpc) is 2.86. The highest BCUT2D eigenvalue weighted by atomic mass is 32.1. The monoisotopic (exact) mass is 253 g/mol. The Hall–Kier alpha value is -0.540. The fraction of sp³-hybridized carbons (Fsp3) is 0.714. The lowest BCUT2D eigenvalue weighted by Crippen LogP contribution is -2.30. The molecule has 2 rings (SSSR count). The van der Waals surface area contributed by atoms with Crippen LogP contribution in [0.15, 0.2) is 11.4 Å². The van der Waals surface area contributed by atoms with E-state index in [0.29, 0.717) is 5.92 Å². The summed E-state index contributed by atoms with van der Waals surface area (Å²) in [6.45, 7) is 2.29. The van der Waals surface area contributed by atoms with Gasteiger partial charge in [-0.15, -0.1) is 11.3 Å². The zero-order valence-electron chi connectivity index (χ0n) is 10.8. The molecule has 0 radical (unpaired) electrons. The molecule has 1 heterocycles. The van der Waals surface area contributed by atoms with E-state index in [2.05, 4.69) is 12.3 Å². The van der Waals surface area contributed by atoms with Gasteiger partial charge >= 0.3 is 0 Å². The maximum absolute atomic E-state index is 6.49. The van der Waals surface area contributed by atoms with Crippen LogP contribution in [0.2, 0.25) is 0 Å². The molecule has 1 fully saturated rings. The topological polar surface area (TPSA) is 35.2 Å². The second-order valence-electron chi connectivity index (χ2n) is 5.00. The largest absolute Gasteiger partial charge is 0.496 e. The van der Waals surface area contributed by atoms with Crippen LogP contribution >= 0.6 is 11.3 Å². The third-order valence-corrected chi connectivity index (χ3v) is 5.13. The summed E-state index contributed by atoms with van der Waals surface area (Å²) in [5.74, 6) is 2.41. The van der Waals surface area contributed by atoms with Crippen LogP contribution in [0.1, 0.15) is 49.9 Å². The minimum absolute atomic E-state index is 0.162. The van der Waals surface area contributed by atoms with E-state index in [1.54, 1.807) is 18.4 Å². The molecule has 2 nitrogen and oxygen atoms in total. The number of methoxy groups -OCH3 is 1. The zero-order chi connectivity index (χ0) is 12.3. The summed E-state index contributed by atoms with van der Waals surface area (Å²) >= 11 is 1.74. The van der Waals surface area contributed by atoms with Crippen LogP contribution < -0.4 is 10.5 Å². The molecule has 0 aliphatic heterocycles. The predicted octanol–water partition coefficient (Wildman–Crippen LogP) is 3.97. The van der Waals surface area contributed by atoms with Gasteiger partial charge in [-0.05, 0) is 29.7 Å². The lowest BCUT2D eigenvalue weighted by molar-refractivity contribution is 0.196. The van der Waals surface area contributed by atoms with Crippen molar-refractivity contribution in [2.75, 3.05) is 7.11 Å². The molecule has 1 aliphatic carbocycles. The SMILES string of the molecule is CCC1CCCCC1C(N)c1sccc1OC. The third kappa shape index (κ3) is 2.66. The summed E-state index contributed by atoms with van der Waals surface area (Å²) in [5, 5.41) is 2.08. The Bertz CT molecular complexity index is 350. The molecular formula is C14H23NOS. The van der Waals surface area contributed by atoms with Crippen molar-refractivity contribution in [2.24, 2.45) is 17.6 Å². The van der Waals surface area contributed by atoms with Gasteiger partial charge in [-0.2, -0.15) is 0 Å². The van der Waals surface area contributed by atoms with Gasteiger partial charge in [0.05, 0.1) is 12.0 Å². The van der Waals surface area contributed by atoms with Gasteiger partial charge in [-0.25, -0.2) is 0 Å². The first-order valence-corrected chi connectivity index (χ1v) is 7.52. The summed E-state index contributed by atoms with van der Waals surface area (Å²) in [6, 6.07) is 2.19. The van der Waals surface area contributed by atoms with Gasteiger partial charge in [-0.1, -0.05) is 32.6 Å². The van der Waals surface area contributed by atoms with Crippen molar-refractivity contribution in [3.05, 3.63) is 16.3 Å². The third-order valence-electron chi connectivity index (χ3n) is 4.13. The maximum atomic E-state index is 6.49. The van der Waals surface area contributed by atoms with Crippen molar-refractivity contribution >= 4 is 11.3 Å². The van der Waals surface area contributed by atoms with Crippen LogP contribution in [-0.2, 0) is 0 Å². The normalized spacial score (nSPS) is 26.8. The van der Waals surface area contributed by atoms with Crippen LogP contribution in [0.3, 0.4) is 0 Å². The maximum Gasteiger partial charge on any atom is 0.134 e. The van der Waals surface area contributed by atoms with Crippen LogP contribution in [0.4, 0.5) is 0 Å². The Balaban J connectivity index is 2.15. The van der Waals surface area contributed by atoms with Crippen LogP contribution in [-0.4, -0.2) is 7.11 Å². The van der Waals surface area contributed by atoms with Crippen molar-refractivity contribution in [1.29, 1.82) is 0 Å². The van der Waals surface area contributed by atoms with Gasteiger partial charge in [0.1, 0.15) is 5.75 Å². The molecule has 1 aliphatic rings. The van der Waals surface area contributed by atoms with Gasteiger partial charge in [0.2, 0.25) is 0 Å². The number of thiophene rings is 1. The fourth-order valence-electron chi connectivity index (χ4n) is 3.13. The zero-order valence-corrected chi connectivity index (χ0v) is 11.6. The van der Waals surface area contributed by atoms with Gasteiger partial charge < -0.3 is 10.5 Å². The molecule has 1 aromatic heterocycles. The number of hydrogen-bond donors (Lipinski definition) is 1. The summed E-state index contributed by atoms with van der Waals surface area (Å²) in [4.78, 5) is 1.23. The molecule has 0 bridgehead atoms. The standard InChI is InChI=1S/C14H23NOS/c1-3-10-6-4-5-7-11(10)13(15)14-12(16-2)8-9-17-14/h8-11,13H,3-7,15H2,1-2H3. The minimum Gasteiger partial charge on any atom is -0.496 e. The first kappa shape index (κ1) is 12.9. The van der Waals surface area contributed by atoms with E-state index in [0.717, 1.165) is 11.7 Å². The Morgan fingerprint density at radius 3 is 2.94 bits per heavy atom. The predicted molar refractivity (Wildman–Crippen MR) is 73.5 cm³/mol. The van der Waals surface area contributed by atoms with Crippen molar-refractivity contribution in [3.8, 4) is 5.75 Å². The Kier molecular flexibility index (Phi) is 4.46. The van der Waals surface area contributed by atoms with Gasteiger partial charge in [-0.3, -0.25) is 0 Å². The van der Waals surface area contributed by atoms with Crippen molar-refractivity contribution in [2.45, 2.75) is 45.1 Å². The van der Waals surface area contributed by atoms with E-state index in [1.165, 1.54) is 37.0 Å². The van der Waals surface area contributed by atoms with E-state index in [9.17, 15) is 0 Å². The Labute approximate surface area is 108 Å². The number of nitrogens with two attached hydrogens (primary N) is 1. The Morgan fingerprint density at radius 2 is 2.24 bits per heavy atom. The molecule has 96 valence electrons. The number of rotatable bonds is 4. The molecule has 3 unspecified atom stereocenters. The number of hydrogen-bond acceptors (Lipinski definition) is 3. The smallest absolute Gasteiger partial charge is 0.134 e. The molecule has 1 aromatic rings. The molecule has 3 atom stereocenters. The summed E-state index contributed by atoms with van der Waals surface area (Å²) in [7, 11) is 1.73. The quantitative estimate of drug-likeness (QED) is 0.881. The van der Waals surface area contributed by atoms with E-state index in [1.807, 2.05) is 6.07 Å². The molecule has 3 heteroatoms. The molecule has 0 aromatic carbocycles. The average molecular weight is 253 g/mol. The molecule has 0 amide bonds. The first-order valence-electron chi connectivity index (χ1n) is 6.64.